The van der Waals surface area contributed by atoms with Crippen molar-refractivity contribution in [1.82, 2.24) is 4.98 Å². The van der Waals surface area contributed by atoms with Gasteiger partial charge in [0, 0.05) is 10.6 Å². The molecule has 0 saturated heterocycles. The van der Waals surface area contributed by atoms with Crippen LogP contribution in [0, 0.1) is 11.6 Å². The van der Waals surface area contributed by atoms with Gasteiger partial charge < -0.3 is 10.2 Å². The fourth-order valence-corrected chi connectivity index (χ4v) is 2.59. The Morgan fingerprint density at radius 1 is 1.15 bits per heavy atom. The molecule has 2 N–H and O–H groups in total. The van der Waals surface area contributed by atoms with Crippen molar-refractivity contribution in [3.05, 3.63) is 53.9 Å². The van der Waals surface area contributed by atoms with E-state index >= 15 is 0 Å². The molecule has 6 heteroatoms. The van der Waals surface area contributed by atoms with E-state index in [-0.39, 0.29) is 4.90 Å². The average Bonchev–Trinajstić information content (AvgIpc) is 2.81. The number of nitrogens with zero attached hydrogens (tertiary/aromatic N) is 1. The molecule has 0 radical (unpaired) electrons. The van der Waals surface area contributed by atoms with E-state index in [9.17, 15) is 8.78 Å². The molecular formula is C14H10F2N2OS. The van der Waals surface area contributed by atoms with Gasteiger partial charge in [-0.05, 0) is 36.4 Å². The van der Waals surface area contributed by atoms with Gasteiger partial charge in [0.05, 0.1) is 5.75 Å². The number of hydrogen-bond acceptors (Lipinski definition) is 4. The minimum atomic E-state index is -0.473. The first-order valence-corrected chi connectivity index (χ1v) is 6.83. The number of thioether (sulfide) groups is 1. The first-order valence-electron chi connectivity index (χ1n) is 5.84. The molecule has 1 aromatic heterocycles. The van der Waals surface area contributed by atoms with Gasteiger partial charge in [-0.25, -0.2) is 13.8 Å². The largest absolute Gasteiger partial charge is 0.440 e. The Morgan fingerprint density at radius 2 is 2.00 bits per heavy atom. The summed E-state index contributed by atoms with van der Waals surface area (Å²) >= 11 is 1.13. The summed E-state index contributed by atoms with van der Waals surface area (Å²) in [4.78, 5) is 4.49. The Morgan fingerprint density at radius 3 is 2.85 bits per heavy atom. The Labute approximate surface area is 117 Å². The summed E-state index contributed by atoms with van der Waals surface area (Å²) in [6.45, 7) is 0. The van der Waals surface area contributed by atoms with Crippen molar-refractivity contribution >= 4 is 28.5 Å². The molecule has 0 fully saturated rings. The minimum absolute atomic E-state index is 0.228. The van der Waals surface area contributed by atoms with Gasteiger partial charge >= 0.3 is 0 Å². The van der Waals surface area contributed by atoms with Gasteiger partial charge in [0.1, 0.15) is 17.2 Å². The number of aromatic nitrogens is 1. The zero-order valence-electron chi connectivity index (χ0n) is 10.3. The van der Waals surface area contributed by atoms with Crippen molar-refractivity contribution in [1.29, 1.82) is 0 Å². The predicted molar refractivity (Wildman–Crippen MR) is 74.3 cm³/mol. The number of anilines is 1. The normalized spacial score (nSPS) is 11.1. The lowest BCUT2D eigenvalue weighted by atomic mass is 10.3. The second-order valence-electron chi connectivity index (χ2n) is 4.20. The molecular weight excluding hydrogens is 282 g/mol. The summed E-state index contributed by atoms with van der Waals surface area (Å²) in [5.74, 6) is -0.176. The molecule has 3 rings (SSSR count). The maximum atomic E-state index is 13.5. The summed E-state index contributed by atoms with van der Waals surface area (Å²) in [6, 6.07) is 8.49. The van der Waals surface area contributed by atoms with E-state index in [4.69, 9.17) is 10.2 Å². The first-order chi connectivity index (χ1) is 9.61. The highest BCUT2D eigenvalue weighted by Gasteiger charge is 2.09. The molecule has 0 unspecified atom stereocenters. The van der Waals surface area contributed by atoms with Crippen LogP contribution in [-0.4, -0.2) is 4.98 Å². The van der Waals surface area contributed by atoms with Crippen LogP contribution in [0.2, 0.25) is 0 Å². The highest BCUT2D eigenvalue weighted by atomic mass is 32.2. The zero-order valence-corrected chi connectivity index (χ0v) is 11.1. The van der Waals surface area contributed by atoms with Crippen molar-refractivity contribution in [2.75, 3.05) is 5.73 Å². The van der Waals surface area contributed by atoms with Crippen molar-refractivity contribution in [2.45, 2.75) is 10.6 Å². The maximum absolute atomic E-state index is 13.5. The monoisotopic (exact) mass is 292 g/mol. The number of nitrogen functional groups attached to an aromatic ring is 1. The molecule has 0 aliphatic carbocycles. The van der Waals surface area contributed by atoms with Crippen LogP contribution in [0.15, 0.2) is 45.7 Å². The molecule has 0 saturated carbocycles. The van der Waals surface area contributed by atoms with Gasteiger partial charge in [0.15, 0.2) is 5.58 Å². The third-order valence-electron chi connectivity index (χ3n) is 2.70. The van der Waals surface area contributed by atoms with E-state index in [1.807, 2.05) is 0 Å². The lowest BCUT2D eigenvalue weighted by molar-refractivity contribution is 0.555. The van der Waals surface area contributed by atoms with E-state index in [0.717, 1.165) is 30.0 Å². The van der Waals surface area contributed by atoms with E-state index in [1.165, 1.54) is 0 Å². The third kappa shape index (κ3) is 2.60. The molecule has 2 aromatic carbocycles. The summed E-state index contributed by atoms with van der Waals surface area (Å²) in [5, 5.41) is 0. The lowest BCUT2D eigenvalue weighted by Crippen LogP contribution is -1.86. The average molecular weight is 292 g/mol. The molecule has 3 nitrogen and oxygen atoms in total. The number of halogens is 2. The molecule has 0 aliphatic rings. The standard InChI is InChI=1S/C14H10F2N2OS/c15-8-1-3-10(16)13(5-8)20-7-14-18-11-6-9(17)2-4-12(11)19-14/h1-6H,7,17H2. The fourth-order valence-electron chi connectivity index (χ4n) is 1.78. The van der Waals surface area contributed by atoms with Crippen molar-refractivity contribution in [3.8, 4) is 0 Å². The second-order valence-corrected chi connectivity index (χ2v) is 5.22. The van der Waals surface area contributed by atoms with E-state index < -0.39 is 11.6 Å². The highest BCUT2D eigenvalue weighted by molar-refractivity contribution is 7.98. The number of benzene rings is 2. The van der Waals surface area contributed by atoms with Crippen LogP contribution >= 0.6 is 11.8 Å². The number of nitrogens with two attached hydrogens (primary N) is 1. The number of fused-ring (bicyclic) bond motifs is 1. The van der Waals surface area contributed by atoms with Gasteiger partial charge in [0.2, 0.25) is 5.89 Å². The SMILES string of the molecule is Nc1ccc2oc(CSc3cc(F)ccc3F)nc2c1. The topological polar surface area (TPSA) is 52.0 Å². The zero-order chi connectivity index (χ0) is 14.1. The first kappa shape index (κ1) is 12.9. The van der Waals surface area contributed by atoms with E-state index in [2.05, 4.69) is 4.98 Å². The van der Waals surface area contributed by atoms with Crippen LogP contribution in [-0.2, 0) is 5.75 Å². The van der Waals surface area contributed by atoms with Gasteiger partial charge in [-0.3, -0.25) is 0 Å². The molecule has 0 amide bonds. The molecule has 20 heavy (non-hydrogen) atoms. The maximum Gasteiger partial charge on any atom is 0.205 e. The highest BCUT2D eigenvalue weighted by Crippen LogP contribution is 2.27. The molecule has 0 aliphatic heterocycles. The number of oxazole rings is 1. The number of hydrogen-bond donors (Lipinski definition) is 1. The van der Waals surface area contributed by atoms with Gasteiger partial charge in [-0.15, -0.1) is 11.8 Å². The Bertz CT molecular complexity index is 773. The van der Waals surface area contributed by atoms with Crippen LogP contribution < -0.4 is 5.73 Å². The number of rotatable bonds is 3. The van der Waals surface area contributed by atoms with Crippen LogP contribution in [0.5, 0.6) is 0 Å². The molecule has 1 heterocycles. The van der Waals surface area contributed by atoms with Gasteiger partial charge in [-0.1, -0.05) is 0 Å². The molecule has 0 spiro atoms. The Balaban J connectivity index is 1.81. The van der Waals surface area contributed by atoms with E-state index in [1.54, 1.807) is 18.2 Å². The smallest absolute Gasteiger partial charge is 0.205 e. The summed E-state index contributed by atoms with van der Waals surface area (Å²) in [6.07, 6.45) is 0. The molecule has 0 bridgehead atoms. The second kappa shape index (κ2) is 5.13. The predicted octanol–water partition coefficient (Wildman–Crippen LogP) is 3.98. The minimum Gasteiger partial charge on any atom is -0.440 e. The van der Waals surface area contributed by atoms with Gasteiger partial charge in [0.25, 0.3) is 0 Å². The van der Waals surface area contributed by atoms with Crippen molar-refractivity contribution in [2.24, 2.45) is 0 Å². The Kier molecular flexibility index (Phi) is 3.31. The van der Waals surface area contributed by atoms with Crippen LogP contribution in [0.25, 0.3) is 11.1 Å². The van der Waals surface area contributed by atoms with Crippen molar-refractivity contribution in [3.63, 3.8) is 0 Å². The van der Waals surface area contributed by atoms with Crippen LogP contribution in [0.1, 0.15) is 5.89 Å². The summed E-state index contributed by atoms with van der Waals surface area (Å²) < 4.78 is 32.0. The van der Waals surface area contributed by atoms with Gasteiger partial charge in [-0.2, -0.15) is 0 Å². The summed E-state index contributed by atoms with van der Waals surface area (Å²) in [5.41, 5.74) is 7.53. The summed E-state index contributed by atoms with van der Waals surface area (Å²) in [7, 11) is 0. The van der Waals surface area contributed by atoms with Crippen molar-refractivity contribution < 1.29 is 13.2 Å². The Hall–Kier alpha value is -2.08. The molecule has 3 aromatic rings. The fraction of sp³-hybridized carbons (Fsp3) is 0.0714. The van der Waals surface area contributed by atoms with E-state index in [0.29, 0.717) is 28.4 Å². The quantitative estimate of drug-likeness (QED) is 0.586. The molecule has 0 atom stereocenters. The van der Waals surface area contributed by atoms with Crippen LogP contribution in [0.3, 0.4) is 0 Å². The molecule has 102 valence electrons. The van der Waals surface area contributed by atoms with Crippen LogP contribution in [0.4, 0.5) is 14.5 Å². The lowest BCUT2D eigenvalue weighted by Gasteiger charge is -2.00. The third-order valence-corrected chi connectivity index (χ3v) is 3.72.